The Bertz CT molecular complexity index is 623. The summed E-state index contributed by atoms with van der Waals surface area (Å²) in [5.74, 6) is 0.0187. The normalized spacial score (nSPS) is 13.8. The average Bonchev–Trinajstić information content (AvgIpc) is 3.25. The van der Waals surface area contributed by atoms with E-state index in [2.05, 4.69) is 15.6 Å². The maximum atomic E-state index is 13.0. The predicted octanol–water partition coefficient (Wildman–Crippen LogP) is 3.05. The molecule has 20 heavy (non-hydrogen) atoms. The molecule has 2 N–H and O–H groups in total. The Morgan fingerprint density at radius 3 is 2.75 bits per heavy atom. The van der Waals surface area contributed by atoms with Gasteiger partial charge in [-0.25, -0.2) is 9.37 Å². The smallest absolute Gasteiger partial charge is 0.255 e. The van der Waals surface area contributed by atoms with Crippen LogP contribution in [0.2, 0.25) is 0 Å². The van der Waals surface area contributed by atoms with Gasteiger partial charge in [0.05, 0.1) is 11.9 Å². The number of hydrogen-bond donors (Lipinski definition) is 2. The van der Waals surface area contributed by atoms with Crippen molar-refractivity contribution in [1.29, 1.82) is 0 Å². The van der Waals surface area contributed by atoms with Gasteiger partial charge in [0.2, 0.25) is 0 Å². The Kier molecular flexibility index (Phi) is 3.33. The highest BCUT2D eigenvalue weighted by Gasteiger charge is 2.21. The van der Waals surface area contributed by atoms with Crippen LogP contribution < -0.4 is 10.6 Å². The van der Waals surface area contributed by atoms with Crippen LogP contribution in [0.4, 0.5) is 15.9 Å². The van der Waals surface area contributed by atoms with E-state index in [0.717, 1.165) is 5.82 Å². The van der Waals surface area contributed by atoms with Crippen LogP contribution in [0, 0.1) is 5.82 Å². The molecule has 102 valence electrons. The van der Waals surface area contributed by atoms with E-state index < -0.39 is 5.82 Å². The number of rotatable bonds is 4. The third-order valence-electron chi connectivity index (χ3n) is 3.04. The van der Waals surface area contributed by atoms with Crippen molar-refractivity contribution in [3.8, 4) is 0 Å². The van der Waals surface area contributed by atoms with Crippen LogP contribution in [0.15, 0.2) is 42.6 Å². The van der Waals surface area contributed by atoms with E-state index in [4.69, 9.17) is 0 Å². The number of hydrogen-bond acceptors (Lipinski definition) is 3. The molecule has 0 bridgehead atoms. The number of carbonyl (C=O) groups is 1. The molecule has 0 atom stereocenters. The lowest BCUT2D eigenvalue weighted by molar-refractivity contribution is 0.102. The van der Waals surface area contributed by atoms with Gasteiger partial charge in [0.25, 0.3) is 5.91 Å². The number of nitrogens with one attached hydrogen (secondary N) is 2. The summed E-state index contributed by atoms with van der Waals surface area (Å²) in [6.07, 6.45) is 3.95. The average molecular weight is 271 g/mol. The number of carbonyl (C=O) groups excluding carboxylic acids is 1. The Morgan fingerprint density at radius 1 is 1.25 bits per heavy atom. The van der Waals surface area contributed by atoms with E-state index in [1.807, 2.05) is 6.07 Å². The number of pyridine rings is 1. The van der Waals surface area contributed by atoms with Gasteiger partial charge in [0, 0.05) is 11.6 Å². The Balaban J connectivity index is 1.65. The van der Waals surface area contributed by atoms with Crippen LogP contribution in [0.25, 0.3) is 0 Å². The maximum absolute atomic E-state index is 13.0. The van der Waals surface area contributed by atoms with Crippen molar-refractivity contribution in [3.05, 3.63) is 54.0 Å². The summed E-state index contributed by atoms with van der Waals surface area (Å²) in [4.78, 5) is 16.1. The largest absolute Gasteiger partial charge is 0.367 e. The molecule has 2 aromatic rings. The zero-order valence-corrected chi connectivity index (χ0v) is 10.8. The van der Waals surface area contributed by atoms with E-state index in [9.17, 15) is 9.18 Å². The molecular weight excluding hydrogens is 257 g/mol. The van der Waals surface area contributed by atoms with Crippen molar-refractivity contribution in [2.75, 3.05) is 10.6 Å². The Hall–Kier alpha value is -2.43. The summed E-state index contributed by atoms with van der Waals surface area (Å²) in [5.41, 5.74) is 0.866. The van der Waals surface area contributed by atoms with Gasteiger partial charge in [0.15, 0.2) is 0 Å². The topological polar surface area (TPSA) is 54.0 Å². The second-order valence-corrected chi connectivity index (χ2v) is 4.82. The van der Waals surface area contributed by atoms with Gasteiger partial charge < -0.3 is 10.6 Å². The van der Waals surface area contributed by atoms with Gasteiger partial charge in [-0.3, -0.25) is 4.79 Å². The number of halogens is 1. The van der Waals surface area contributed by atoms with Gasteiger partial charge in [-0.2, -0.15) is 0 Å². The monoisotopic (exact) mass is 271 g/mol. The fraction of sp³-hybridized carbons (Fsp3) is 0.200. The van der Waals surface area contributed by atoms with Crippen molar-refractivity contribution >= 4 is 17.4 Å². The molecule has 1 heterocycles. The third-order valence-corrected chi connectivity index (χ3v) is 3.04. The van der Waals surface area contributed by atoms with Crippen molar-refractivity contribution in [2.45, 2.75) is 18.9 Å². The van der Waals surface area contributed by atoms with Gasteiger partial charge in [-0.1, -0.05) is 6.07 Å². The summed E-state index contributed by atoms with van der Waals surface area (Å²) in [6.45, 7) is 0. The molecule has 0 radical (unpaired) electrons. The van der Waals surface area contributed by atoms with E-state index in [1.165, 1.54) is 31.0 Å². The van der Waals surface area contributed by atoms with Crippen LogP contribution in [-0.2, 0) is 0 Å². The predicted molar refractivity (Wildman–Crippen MR) is 75.2 cm³/mol. The minimum absolute atomic E-state index is 0.283. The summed E-state index contributed by atoms with van der Waals surface area (Å²) in [7, 11) is 0. The standard InChI is InChI=1S/C15H14FN3O/c16-11-3-1-2-10(8-11)15(20)19-13-6-7-14(17-9-13)18-12-4-5-12/h1-3,6-9,12H,4-5H2,(H,17,18)(H,19,20). The highest BCUT2D eigenvalue weighted by atomic mass is 19.1. The lowest BCUT2D eigenvalue weighted by atomic mass is 10.2. The van der Waals surface area contributed by atoms with Crippen LogP contribution >= 0.6 is 0 Å². The summed E-state index contributed by atoms with van der Waals surface area (Å²) < 4.78 is 13.0. The molecular formula is C15H14FN3O. The first-order valence-electron chi connectivity index (χ1n) is 6.50. The molecule has 0 aliphatic heterocycles. The van der Waals surface area contributed by atoms with Crippen molar-refractivity contribution < 1.29 is 9.18 Å². The minimum Gasteiger partial charge on any atom is -0.367 e. The molecule has 4 nitrogen and oxygen atoms in total. The second-order valence-electron chi connectivity index (χ2n) is 4.82. The molecule has 1 amide bonds. The molecule has 0 unspecified atom stereocenters. The fourth-order valence-corrected chi connectivity index (χ4v) is 1.82. The number of benzene rings is 1. The van der Waals surface area contributed by atoms with E-state index in [-0.39, 0.29) is 11.5 Å². The Morgan fingerprint density at radius 2 is 2.10 bits per heavy atom. The van der Waals surface area contributed by atoms with Gasteiger partial charge in [-0.15, -0.1) is 0 Å². The quantitative estimate of drug-likeness (QED) is 0.898. The van der Waals surface area contributed by atoms with Gasteiger partial charge in [-0.05, 0) is 43.2 Å². The molecule has 1 saturated carbocycles. The summed E-state index contributed by atoms with van der Waals surface area (Å²) in [6, 6.07) is 9.70. The molecule has 1 fully saturated rings. The zero-order valence-electron chi connectivity index (χ0n) is 10.8. The molecule has 1 aromatic heterocycles. The highest BCUT2D eigenvalue weighted by molar-refractivity contribution is 6.04. The van der Waals surface area contributed by atoms with E-state index in [0.29, 0.717) is 11.7 Å². The van der Waals surface area contributed by atoms with Crippen LogP contribution in [0.5, 0.6) is 0 Å². The van der Waals surface area contributed by atoms with Crippen LogP contribution in [0.3, 0.4) is 0 Å². The van der Waals surface area contributed by atoms with E-state index >= 15 is 0 Å². The van der Waals surface area contributed by atoms with Crippen LogP contribution in [0.1, 0.15) is 23.2 Å². The fourth-order valence-electron chi connectivity index (χ4n) is 1.82. The lowest BCUT2D eigenvalue weighted by Crippen LogP contribution is -2.12. The second kappa shape index (κ2) is 5.28. The lowest BCUT2D eigenvalue weighted by Gasteiger charge is -2.07. The first-order chi connectivity index (χ1) is 9.70. The number of nitrogens with zero attached hydrogens (tertiary/aromatic N) is 1. The first kappa shape index (κ1) is 12.6. The van der Waals surface area contributed by atoms with Crippen LogP contribution in [-0.4, -0.2) is 16.9 Å². The van der Waals surface area contributed by atoms with Crippen molar-refractivity contribution in [3.63, 3.8) is 0 Å². The highest BCUT2D eigenvalue weighted by Crippen LogP contribution is 2.24. The van der Waals surface area contributed by atoms with Crippen molar-refractivity contribution in [1.82, 2.24) is 4.98 Å². The molecule has 0 spiro atoms. The molecule has 1 aliphatic carbocycles. The molecule has 3 rings (SSSR count). The van der Waals surface area contributed by atoms with E-state index in [1.54, 1.807) is 18.3 Å². The number of anilines is 2. The minimum atomic E-state index is -0.431. The Labute approximate surface area is 116 Å². The molecule has 1 aromatic carbocycles. The number of amides is 1. The van der Waals surface area contributed by atoms with Crippen molar-refractivity contribution in [2.24, 2.45) is 0 Å². The number of aromatic nitrogens is 1. The zero-order chi connectivity index (χ0) is 13.9. The third kappa shape index (κ3) is 3.12. The molecule has 0 saturated heterocycles. The first-order valence-corrected chi connectivity index (χ1v) is 6.50. The summed E-state index contributed by atoms with van der Waals surface area (Å²) >= 11 is 0. The maximum Gasteiger partial charge on any atom is 0.255 e. The summed E-state index contributed by atoms with van der Waals surface area (Å²) in [5, 5.41) is 5.95. The van der Waals surface area contributed by atoms with Gasteiger partial charge >= 0.3 is 0 Å². The SMILES string of the molecule is O=C(Nc1ccc(NC2CC2)nc1)c1cccc(F)c1. The van der Waals surface area contributed by atoms with Gasteiger partial charge in [0.1, 0.15) is 11.6 Å². The molecule has 1 aliphatic rings. The molecule has 5 heteroatoms.